The van der Waals surface area contributed by atoms with Gasteiger partial charge in [-0.3, -0.25) is 4.79 Å². The van der Waals surface area contributed by atoms with Gasteiger partial charge in [0.25, 0.3) is 0 Å². The quantitative estimate of drug-likeness (QED) is 0.612. The summed E-state index contributed by atoms with van der Waals surface area (Å²) in [5.74, 6) is -0.114. The van der Waals surface area contributed by atoms with Crippen LogP contribution in [0.2, 0.25) is 0 Å². The van der Waals surface area contributed by atoms with Gasteiger partial charge in [-0.15, -0.1) is 0 Å². The molecule has 94 valence electrons. The lowest BCUT2D eigenvalue weighted by molar-refractivity contribution is -0.125. The van der Waals surface area contributed by atoms with E-state index >= 15 is 0 Å². The first kappa shape index (κ1) is 13.4. The van der Waals surface area contributed by atoms with Crippen molar-refractivity contribution in [2.24, 2.45) is 0 Å². The summed E-state index contributed by atoms with van der Waals surface area (Å²) in [7, 11) is 0. The van der Waals surface area contributed by atoms with Crippen LogP contribution in [-0.2, 0) is 9.53 Å². The maximum absolute atomic E-state index is 11.6. The lowest BCUT2D eigenvalue weighted by Crippen LogP contribution is -2.54. The Hall–Kier alpha value is -0.650. The van der Waals surface area contributed by atoms with Gasteiger partial charge >= 0.3 is 0 Å². The first-order valence-electron chi connectivity index (χ1n) is 5.76. The largest absolute Gasteiger partial charge is 0.394 e. The average Bonchev–Trinajstić information content (AvgIpc) is 2.28. The van der Waals surface area contributed by atoms with Crippen molar-refractivity contribution in [2.75, 3.05) is 19.8 Å². The highest BCUT2D eigenvalue weighted by molar-refractivity contribution is 5.76. The molecule has 0 aliphatic carbocycles. The van der Waals surface area contributed by atoms with E-state index < -0.39 is 11.6 Å². The van der Waals surface area contributed by atoms with Crippen molar-refractivity contribution >= 4 is 5.91 Å². The zero-order chi connectivity index (χ0) is 12.0. The highest BCUT2D eigenvalue weighted by atomic mass is 16.5. The number of ether oxygens (including phenoxy) is 1. The van der Waals surface area contributed by atoms with Crippen LogP contribution in [0.4, 0.5) is 0 Å². The van der Waals surface area contributed by atoms with Crippen LogP contribution in [0.25, 0.3) is 0 Å². The fraction of sp³-hybridized carbons (Fsp3) is 0.909. The maximum Gasteiger partial charge on any atom is 0.220 e. The number of hydrogen-bond donors (Lipinski definition) is 3. The van der Waals surface area contributed by atoms with E-state index in [2.05, 4.69) is 5.32 Å². The number of nitrogens with one attached hydrogen (secondary N) is 1. The summed E-state index contributed by atoms with van der Waals surface area (Å²) in [6, 6.07) is 0. The standard InChI is InChI=1S/C11H21NO4/c1-9(14)2-3-10(15)12-11(8-13)4-6-16-7-5-11/h9,13-14H,2-8H2,1H3,(H,12,15). The molecule has 3 N–H and O–H groups in total. The molecule has 0 radical (unpaired) electrons. The van der Waals surface area contributed by atoms with Crippen molar-refractivity contribution < 1.29 is 19.7 Å². The molecular formula is C11H21NO4. The van der Waals surface area contributed by atoms with Crippen LogP contribution in [-0.4, -0.2) is 47.6 Å². The number of carbonyl (C=O) groups excluding carboxylic acids is 1. The molecule has 1 unspecified atom stereocenters. The summed E-state index contributed by atoms with van der Waals surface area (Å²) in [5.41, 5.74) is -0.520. The Morgan fingerprint density at radius 3 is 2.62 bits per heavy atom. The summed E-state index contributed by atoms with van der Waals surface area (Å²) in [4.78, 5) is 11.6. The number of rotatable bonds is 5. The SMILES string of the molecule is CC(O)CCC(=O)NC1(CO)CCOCC1. The number of carbonyl (C=O) groups is 1. The van der Waals surface area contributed by atoms with Gasteiger partial charge in [-0.2, -0.15) is 0 Å². The van der Waals surface area contributed by atoms with Gasteiger partial charge in [0, 0.05) is 19.6 Å². The van der Waals surface area contributed by atoms with Gasteiger partial charge in [0.15, 0.2) is 0 Å². The molecule has 0 spiro atoms. The molecule has 1 aliphatic heterocycles. The van der Waals surface area contributed by atoms with Gasteiger partial charge in [0.05, 0.1) is 18.2 Å². The molecule has 0 aromatic rings. The molecule has 1 saturated heterocycles. The maximum atomic E-state index is 11.6. The topological polar surface area (TPSA) is 78.8 Å². The average molecular weight is 231 g/mol. The minimum Gasteiger partial charge on any atom is -0.394 e. The van der Waals surface area contributed by atoms with Gasteiger partial charge in [0.2, 0.25) is 5.91 Å². The second kappa shape index (κ2) is 6.18. The lowest BCUT2D eigenvalue weighted by Gasteiger charge is -2.36. The molecule has 5 nitrogen and oxygen atoms in total. The second-order valence-corrected chi connectivity index (χ2v) is 4.49. The first-order chi connectivity index (χ1) is 7.58. The molecule has 0 aromatic heterocycles. The van der Waals surface area contributed by atoms with Gasteiger partial charge in [0.1, 0.15) is 0 Å². The molecule has 1 heterocycles. The van der Waals surface area contributed by atoms with Gasteiger partial charge in [-0.05, 0) is 26.2 Å². The van der Waals surface area contributed by atoms with E-state index in [0.29, 0.717) is 38.9 Å². The van der Waals surface area contributed by atoms with Crippen LogP contribution in [0, 0.1) is 0 Å². The smallest absolute Gasteiger partial charge is 0.220 e. The first-order valence-corrected chi connectivity index (χ1v) is 5.76. The van der Waals surface area contributed by atoms with E-state index in [0.717, 1.165) is 0 Å². The van der Waals surface area contributed by atoms with E-state index in [1.165, 1.54) is 0 Å². The molecule has 5 heteroatoms. The molecular weight excluding hydrogens is 210 g/mol. The Morgan fingerprint density at radius 2 is 2.12 bits per heavy atom. The third-order valence-electron chi connectivity index (χ3n) is 2.95. The van der Waals surface area contributed by atoms with Gasteiger partial charge in [-0.1, -0.05) is 0 Å². The van der Waals surface area contributed by atoms with Crippen LogP contribution in [0.15, 0.2) is 0 Å². The normalized spacial score (nSPS) is 21.4. The van der Waals surface area contributed by atoms with E-state index in [-0.39, 0.29) is 12.5 Å². The Labute approximate surface area is 95.8 Å². The van der Waals surface area contributed by atoms with Gasteiger partial charge < -0.3 is 20.3 Å². The van der Waals surface area contributed by atoms with Crippen molar-refractivity contribution in [3.8, 4) is 0 Å². The third-order valence-corrected chi connectivity index (χ3v) is 2.95. The summed E-state index contributed by atoms with van der Waals surface area (Å²) in [6.07, 6.45) is 1.56. The minimum atomic E-state index is -0.520. The molecule has 0 saturated carbocycles. The Morgan fingerprint density at radius 1 is 1.50 bits per heavy atom. The molecule has 1 aliphatic rings. The zero-order valence-corrected chi connectivity index (χ0v) is 9.74. The summed E-state index contributed by atoms with van der Waals surface area (Å²) in [6.45, 7) is 2.73. The Bertz CT molecular complexity index is 224. The van der Waals surface area contributed by atoms with Crippen molar-refractivity contribution in [2.45, 2.75) is 44.2 Å². The molecule has 16 heavy (non-hydrogen) atoms. The molecule has 1 fully saturated rings. The zero-order valence-electron chi connectivity index (χ0n) is 9.74. The van der Waals surface area contributed by atoms with E-state index in [1.54, 1.807) is 6.92 Å². The summed E-state index contributed by atoms with van der Waals surface area (Å²) < 4.78 is 5.20. The monoisotopic (exact) mass is 231 g/mol. The molecule has 1 amide bonds. The van der Waals surface area contributed by atoms with Crippen LogP contribution in [0.3, 0.4) is 0 Å². The predicted octanol–water partition coefficient (Wildman–Crippen LogP) is -0.195. The van der Waals surface area contributed by atoms with Crippen LogP contribution in [0.1, 0.15) is 32.6 Å². The van der Waals surface area contributed by atoms with E-state index in [9.17, 15) is 9.90 Å². The fourth-order valence-electron chi connectivity index (χ4n) is 1.78. The molecule has 1 atom stereocenters. The van der Waals surface area contributed by atoms with Crippen LogP contribution >= 0.6 is 0 Å². The molecule has 0 aromatic carbocycles. The minimum absolute atomic E-state index is 0.0588. The van der Waals surface area contributed by atoms with Crippen molar-refractivity contribution in [1.82, 2.24) is 5.32 Å². The predicted molar refractivity (Wildman–Crippen MR) is 58.9 cm³/mol. The highest BCUT2D eigenvalue weighted by Crippen LogP contribution is 2.20. The van der Waals surface area contributed by atoms with E-state index in [1.807, 2.05) is 0 Å². The summed E-state index contributed by atoms with van der Waals surface area (Å²) in [5, 5.41) is 21.3. The molecule has 1 rings (SSSR count). The van der Waals surface area contributed by atoms with E-state index in [4.69, 9.17) is 9.84 Å². The van der Waals surface area contributed by atoms with Crippen LogP contribution in [0.5, 0.6) is 0 Å². The van der Waals surface area contributed by atoms with Crippen molar-refractivity contribution in [3.05, 3.63) is 0 Å². The Kier molecular flexibility index (Phi) is 5.18. The van der Waals surface area contributed by atoms with Gasteiger partial charge in [-0.25, -0.2) is 0 Å². The van der Waals surface area contributed by atoms with Crippen LogP contribution < -0.4 is 5.32 Å². The van der Waals surface area contributed by atoms with Crippen molar-refractivity contribution in [1.29, 1.82) is 0 Å². The Balaban J connectivity index is 2.39. The highest BCUT2D eigenvalue weighted by Gasteiger charge is 2.33. The summed E-state index contributed by atoms with van der Waals surface area (Å²) >= 11 is 0. The number of aliphatic hydroxyl groups is 2. The second-order valence-electron chi connectivity index (χ2n) is 4.49. The third kappa shape index (κ3) is 4.08. The molecule has 0 bridgehead atoms. The number of aliphatic hydroxyl groups excluding tert-OH is 2. The van der Waals surface area contributed by atoms with Crippen molar-refractivity contribution in [3.63, 3.8) is 0 Å². The lowest BCUT2D eigenvalue weighted by atomic mass is 9.90. The fourth-order valence-corrected chi connectivity index (χ4v) is 1.78. The number of amides is 1. The number of hydrogen-bond acceptors (Lipinski definition) is 4.